The van der Waals surface area contributed by atoms with Crippen molar-refractivity contribution in [3.05, 3.63) is 88.9 Å². The summed E-state index contributed by atoms with van der Waals surface area (Å²) < 4.78 is 5.42. The van der Waals surface area contributed by atoms with Crippen molar-refractivity contribution in [3.63, 3.8) is 0 Å². The van der Waals surface area contributed by atoms with Gasteiger partial charge in [-0.15, -0.1) is 0 Å². The molecule has 0 radical (unpaired) electrons. The van der Waals surface area contributed by atoms with Gasteiger partial charge >= 0.3 is 0 Å². The normalized spacial score (nSPS) is 10.2. The lowest BCUT2D eigenvalue weighted by Gasteiger charge is -2.10. The fraction of sp³-hybridized carbons (Fsp3) is 0.0909. The van der Waals surface area contributed by atoms with Gasteiger partial charge < -0.3 is 15.4 Å². The molecule has 0 heterocycles. The first-order valence-electron chi connectivity index (χ1n) is 8.76. The van der Waals surface area contributed by atoms with E-state index in [0.717, 1.165) is 0 Å². The average molecular weight is 395 g/mol. The molecule has 0 aliphatic heterocycles. The van der Waals surface area contributed by atoms with Crippen molar-refractivity contribution < 1.29 is 14.3 Å². The van der Waals surface area contributed by atoms with Crippen LogP contribution in [0.25, 0.3) is 0 Å². The van der Waals surface area contributed by atoms with Crippen LogP contribution in [0, 0.1) is 0 Å². The number of carbonyl (C=O) groups excluding carboxylic acids is 2. The van der Waals surface area contributed by atoms with Crippen molar-refractivity contribution in [3.8, 4) is 5.75 Å². The standard InChI is InChI=1S/C22H19ClN2O3/c1-2-28-20-11-4-7-16(13-20)22(27)25-19-10-5-9-18(14-19)24-21(26)15-6-3-8-17(23)12-15/h3-14H,2H2,1H3,(H,24,26)(H,25,27). The molecule has 0 bridgehead atoms. The summed E-state index contributed by atoms with van der Waals surface area (Å²) in [6, 6.07) is 20.6. The second-order valence-corrected chi connectivity index (χ2v) is 6.40. The zero-order valence-corrected chi connectivity index (χ0v) is 16.0. The van der Waals surface area contributed by atoms with Gasteiger partial charge in [0.1, 0.15) is 5.75 Å². The quantitative estimate of drug-likeness (QED) is 0.600. The third-order valence-corrected chi connectivity index (χ3v) is 4.11. The van der Waals surface area contributed by atoms with Crippen LogP contribution in [0.5, 0.6) is 5.75 Å². The van der Waals surface area contributed by atoms with Crippen molar-refractivity contribution >= 4 is 34.8 Å². The van der Waals surface area contributed by atoms with E-state index >= 15 is 0 Å². The number of carbonyl (C=O) groups is 2. The number of nitrogens with one attached hydrogen (secondary N) is 2. The van der Waals surface area contributed by atoms with E-state index in [-0.39, 0.29) is 11.8 Å². The van der Waals surface area contributed by atoms with Gasteiger partial charge in [-0.05, 0) is 61.5 Å². The molecule has 3 aromatic rings. The summed E-state index contributed by atoms with van der Waals surface area (Å²) in [5.74, 6) is 0.0907. The fourth-order valence-electron chi connectivity index (χ4n) is 2.60. The number of rotatable bonds is 6. The Hall–Kier alpha value is -3.31. The average Bonchev–Trinajstić information content (AvgIpc) is 2.69. The van der Waals surface area contributed by atoms with Crippen LogP contribution < -0.4 is 15.4 Å². The van der Waals surface area contributed by atoms with E-state index in [2.05, 4.69) is 10.6 Å². The maximum atomic E-state index is 12.5. The van der Waals surface area contributed by atoms with E-state index < -0.39 is 0 Å². The Morgan fingerprint density at radius 1 is 0.821 bits per heavy atom. The monoisotopic (exact) mass is 394 g/mol. The van der Waals surface area contributed by atoms with Gasteiger partial charge in [0, 0.05) is 27.5 Å². The Bertz CT molecular complexity index is 1000. The van der Waals surface area contributed by atoms with Crippen LogP contribution >= 0.6 is 11.6 Å². The zero-order valence-electron chi connectivity index (χ0n) is 15.2. The molecule has 0 atom stereocenters. The van der Waals surface area contributed by atoms with Gasteiger partial charge in [0.25, 0.3) is 11.8 Å². The van der Waals surface area contributed by atoms with E-state index in [1.165, 1.54) is 0 Å². The largest absolute Gasteiger partial charge is 0.494 e. The van der Waals surface area contributed by atoms with Crippen LogP contribution in [0.4, 0.5) is 11.4 Å². The molecule has 0 aromatic heterocycles. The van der Waals surface area contributed by atoms with Crippen LogP contribution in [0.2, 0.25) is 5.02 Å². The number of halogens is 1. The predicted octanol–water partition coefficient (Wildman–Crippen LogP) is 5.24. The topological polar surface area (TPSA) is 67.4 Å². The summed E-state index contributed by atoms with van der Waals surface area (Å²) in [4.78, 5) is 24.8. The van der Waals surface area contributed by atoms with Crippen molar-refractivity contribution in [2.75, 3.05) is 17.2 Å². The lowest BCUT2D eigenvalue weighted by molar-refractivity contribution is 0.101. The van der Waals surface area contributed by atoms with Crippen LogP contribution in [-0.4, -0.2) is 18.4 Å². The number of ether oxygens (including phenoxy) is 1. The van der Waals surface area contributed by atoms with E-state index in [1.54, 1.807) is 72.8 Å². The summed E-state index contributed by atoms with van der Waals surface area (Å²) in [7, 11) is 0. The lowest BCUT2D eigenvalue weighted by Crippen LogP contribution is -2.14. The molecule has 0 aliphatic rings. The summed E-state index contributed by atoms with van der Waals surface area (Å²) in [6.07, 6.45) is 0. The fourth-order valence-corrected chi connectivity index (χ4v) is 2.80. The smallest absolute Gasteiger partial charge is 0.255 e. The summed E-state index contributed by atoms with van der Waals surface area (Å²) >= 11 is 5.93. The van der Waals surface area contributed by atoms with Crippen LogP contribution in [0.3, 0.4) is 0 Å². The highest BCUT2D eigenvalue weighted by atomic mass is 35.5. The van der Waals surface area contributed by atoms with Gasteiger partial charge in [-0.2, -0.15) is 0 Å². The number of amides is 2. The van der Waals surface area contributed by atoms with Crippen LogP contribution in [-0.2, 0) is 0 Å². The van der Waals surface area contributed by atoms with Crippen molar-refractivity contribution in [2.45, 2.75) is 6.92 Å². The molecular weight excluding hydrogens is 376 g/mol. The number of anilines is 2. The molecule has 28 heavy (non-hydrogen) atoms. The van der Waals surface area contributed by atoms with Gasteiger partial charge in [0.2, 0.25) is 0 Å². The molecule has 0 aliphatic carbocycles. The molecule has 6 heteroatoms. The molecule has 0 spiro atoms. The highest BCUT2D eigenvalue weighted by molar-refractivity contribution is 6.31. The van der Waals surface area contributed by atoms with Crippen LogP contribution in [0.15, 0.2) is 72.8 Å². The summed E-state index contributed by atoms with van der Waals surface area (Å²) in [6.45, 7) is 2.41. The highest BCUT2D eigenvalue weighted by Crippen LogP contribution is 2.19. The number of hydrogen-bond acceptors (Lipinski definition) is 3. The van der Waals surface area contributed by atoms with E-state index in [1.807, 2.05) is 6.92 Å². The number of hydrogen-bond donors (Lipinski definition) is 2. The van der Waals surface area contributed by atoms with Crippen molar-refractivity contribution in [1.29, 1.82) is 0 Å². The minimum absolute atomic E-state index is 0.264. The van der Waals surface area contributed by atoms with Gasteiger partial charge in [-0.1, -0.05) is 29.8 Å². The Labute approximate surface area is 168 Å². The molecule has 0 saturated heterocycles. The molecule has 142 valence electrons. The Balaban J connectivity index is 1.70. The minimum Gasteiger partial charge on any atom is -0.494 e. The Morgan fingerprint density at radius 3 is 2.00 bits per heavy atom. The molecule has 0 fully saturated rings. The van der Waals surface area contributed by atoms with Gasteiger partial charge in [-0.3, -0.25) is 9.59 Å². The molecule has 2 amide bonds. The summed E-state index contributed by atoms with van der Waals surface area (Å²) in [5, 5.41) is 6.11. The van der Waals surface area contributed by atoms with Gasteiger partial charge in [0.15, 0.2) is 0 Å². The lowest BCUT2D eigenvalue weighted by atomic mass is 10.2. The third-order valence-electron chi connectivity index (χ3n) is 3.87. The molecule has 3 aromatic carbocycles. The molecule has 5 nitrogen and oxygen atoms in total. The first-order valence-corrected chi connectivity index (χ1v) is 9.14. The zero-order chi connectivity index (χ0) is 19.9. The summed E-state index contributed by atoms with van der Waals surface area (Å²) in [5.41, 5.74) is 2.07. The first kappa shape index (κ1) is 19.5. The maximum absolute atomic E-state index is 12.5. The maximum Gasteiger partial charge on any atom is 0.255 e. The SMILES string of the molecule is CCOc1cccc(C(=O)Nc2cccc(NC(=O)c3cccc(Cl)c3)c2)c1. The van der Waals surface area contributed by atoms with Crippen molar-refractivity contribution in [2.24, 2.45) is 0 Å². The molecular formula is C22H19ClN2O3. The molecule has 0 unspecified atom stereocenters. The second kappa shape index (κ2) is 9.06. The first-order chi connectivity index (χ1) is 13.5. The van der Waals surface area contributed by atoms with E-state index in [4.69, 9.17) is 16.3 Å². The predicted molar refractivity (Wildman–Crippen MR) is 111 cm³/mol. The van der Waals surface area contributed by atoms with E-state index in [0.29, 0.717) is 39.9 Å². The Morgan fingerprint density at radius 2 is 1.39 bits per heavy atom. The molecule has 3 rings (SSSR count). The van der Waals surface area contributed by atoms with Crippen LogP contribution in [0.1, 0.15) is 27.6 Å². The van der Waals surface area contributed by atoms with Crippen molar-refractivity contribution in [1.82, 2.24) is 0 Å². The van der Waals surface area contributed by atoms with Gasteiger partial charge in [-0.25, -0.2) is 0 Å². The molecule has 2 N–H and O–H groups in total. The van der Waals surface area contributed by atoms with Gasteiger partial charge in [0.05, 0.1) is 6.61 Å². The third kappa shape index (κ3) is 5.11. The highest BCUT2D eigenvalue weighted by Gasteiger charge is 2.10. The van der Waals surface area contributed by atoms with E-state index in [9.17, 15) is 9.59 Å². The second-order valence-electron chi connectivity index (χ2n) is 5.96. The number of benzene rings is 3. The Kier molecular flexibility index (Phi) is 6.29. The minimum atomic E-state index is -0.282. The molecule has 0 saturated carbocycles.